The SMILES string of the molecule is C=C/C=C(\C=C/C)C1(CO)OCC(COC/C(C=C)=C/C=C\C)O1. The van der Waals surface area contributed by atoms with Gasteiger partial charge in [-0.3, -0.25) is 0 Å². The summed E-state index contributed by atoms with van der Waals surface area (Å²) in [5.74, 6) is -1.16. The van der Waals surface area contributed by atoms with Crippen LogP contribution in [0, 0.1) is 0 Å². The van der Waals surface area contributed by atoms with E-state index in [1.807, 2.05) is 44.2 Å². The summed E-state index contributed by atoms with van der Waals surface area (Å²) in [7, 11) is 0. The van der Waals surface area contributed by atoms with Crippen molar-refractivity contribution in [3.05, 3.63) is 72.9 Å². The Hall–Kier alpha value is -1.72. The molecule has 24 heavy (non-hydrogen) atoms. The molecule has 2 unspecified atom stereocenters. The summed E-state index contributed by atoms with van der Waals surface area (Å²) >= 11 is 0. The molecule has 2 atom stereocenters. The Kier molecular flexibility index (Phi) is 9.27. The van der Waals surface area contributed by atoms with Gasteiger partial charge in [0, 0.05) is 5.57 Å². The van der Waals surface area contributed by atoms with Crippen LogP contribution >= 0.6 is 0 Å². The number of hydrogen-bond donors (Lipinski definition) is 1. The van der Waals surface area contributed by atoms with Gasteiger partial charge in [0.05, 0.1) is 19.8 Å². The smallest absolute Gasteiger partial charge is 0.219 e. The first-order valence-electron chi connectivity index (χ1n) is 8.06. The molecule has 1 saturated heterocycles. The Morgan fingerprint density at radius 3 is 2.67 bits per heavy atom. The van der Waals surface area contributed by atoms with Gasteiger partial charge < -0.3 is 19.3 Å². The Balaban J connectivity index is 2.64. The molecule has 0 aromatic rings. The highest BCUT2D eigenvalue weighted by Gasteiger charge is 2.43. The third-order valence-electron chi connectivity index (χ3n) is 3.49. The molecule has 0 aromatic heterocycles. The second-order valence-electron chi connectivity index (χ2n) is 5.31. The average molecular weight is 332 g/mol. The van der Waals surface area contributed by atoms with Gasteiger partial charge in [-0.05, 0) is 19.4 Å². The van der Waals surface area contributed by atoms with Crippen molar-refractivity contribution in [3.63, 3.8) is 0 Å². The van der Waals surface area contributed by atoms with Crippen LogP contribution in [-0.4, -0.2) is 43.4 Å². The van der Waals surface area contributed by atoms with Crippen molar-refractivity contribution in [2.75, 3.05) is 26.4 Å². The van der Waals surface area contributed by atoms with Crippen molar-refractivity contribution in [3.8, 4) is 0 Å². The van der Waals surface area contributed by atoms with Gasteiger partial charge in [-0.2, -0.15) is 0 Å². The second kappa shape index (κ2) is 10.9. The van der Waals surface area contributed by atoms with E-state index in [2.05, 4.69) is 13.2 Å². The molecule has 4 heteroatoms. The average Bonchev–Trinajstić information content (AvgIpc) is 3.02. The fraction of sp³-hybridized carbons (Fsp3) is 0.400. The molecule has 0 saturated carbocycles. The number of ether oxygens (including phenoxy) is 3. The molecular formula is C20H28O4. The maximum absolute atomic E-state index is 9.78. The van der Waals surface area contributed by atoms with E-state index < -0.39 is 5.79 Å². The molecule has 1 N–H and O–H groups in total. The monoisotopic (exact) mass is 332 g/mol. The van der Waals surface area contributed by atoms with Gasteiger partial charge >= 0.3 is 0 Å². The van der Waals surface area contributed by atoms with Crippen LogP contribution in [0.2, 0.25) is 0 Å². The third kappa shape index (κ3) is 5.73. The van der Waals surface area contributed by atoms with Crippen LogP contribution in [0.3, 0.4) is 0 Å². The van der Waals surface area contributed by atoms with Crippen LogP contribution in [0.25, 0.3) is 0 Å². The summed E-state index contributed by atoms with van der Waals surface area (Å²) in [6.45, 7) is 12.2. The van der Waals surface area contributed by atoms with Crippen molar-refractivity contribution < 1.29 is 19.3 Å². The van der Waals surface area contributed by atoms with Crippen molar-refractivity contribution in [1.82, 2.24) is 0 Å². The summed E-state index contributed by atoms with van der Waals surface area (Å²) in [6.07, 6.45) is 14.5. The van der Waals surface area contributed by atoms with E-state index in [4.69, 9.17) is 14.2 Å². The molecule has 1 rings (SSSR count). The first-order valence-corrected chi connectivity index (χ1v) is 8.06. The van der Waals surface area contributed by atoms with E-state index in [0.29, 0.717) is 19.8 Å². The Bertz CT molecular complexity index is 528. The van der Waals surface area contributed by atoms with Gasteiger partial charge in [0.2, 0.25) is 5.79 Å². The van der Waals surface area contributed by atoms with Gasteiger partial charge in [0.1, 0.15) is 12.7 Å². The maximum Gasteiger partial charge on any atom is 0.219 e. The van der Waals surface area contributed by atoms with Crippen LogP contribution in [0.5, 0.6) is 0 Å². The quantitative estimate of drug-likeness (QED) is 0.622. The molecule has 0 amide bonds. The van der Waals surface area contributed by atoms with E-state index in [0.717, 1.165) is 11.1 Å². The maximum atomic E-state index is 9.78. The van der Waals surface area contributed by atoms with Crippen molar-refractivity contribution in [2.24, 2.45) is 0 Å². The van der Waals surface area contributed by atoms with Crippen LogP contribution < -0.4 is 0 Å². The lowest BCUT2D eigenvalue weighted by Gasteiger charge is -2.27. The minimum Gasteiger partial charge on any atom is -0.390 e. The standard InChI is InChI=1S/C20H28O4/c1-5-9-12-17(8-4)13-22-14-19-15-23-20(16-21,24-19)18(10-6-2)11-7-3/h5-12,19,21H,2,4,13-16H2,1,3H3/b9-5-,11-7-,17-12+,18-10+. The van der Waals surface area contributed by atoms with Gasteiger partial charge in [-0.1, -0.05) is 61.8 Å². The van der Waals surface area contributed by atoms with E-state index in [-0.39, 0.29) is 12.7 Å². The Labute approximate surface area is 145 Å². The zero-order valence-corrected chi connectivity index (χ0v) is 14.6. The van der Waals surface area contributed by atoms with E-state index in [9.17, 15) is 5.11 Å². The molecule has 0 aliphatic carbocycles. The number of rotatable bonds is 10. The molecule has 1 heterocycles. The lowest BCUT2D eigenvalue weighted by atomic mass is 10.1. The van der Waals surface area contributed by atoms with Gasteiger partial charge in [0.15, 0.2) is 0 Å². The summed E-state index contributed by atoms with van der Waals surface area (Å²) in [5.41, 5.74) is 1.71. The predicted octanol–water partition coefficient (Wildman–Crippen LogP) is 3.48. The molecule has 0 bridgehead atoms. The fourth-order valence-electron chi connectivity index (χ4n) is 2.29. The number of aliphatic hydroxyl groups excluding tert-OH is 1. The highest BCUT2D eigenvalue weighted by Crippen LogP contribution is 2.32. The van der Waals surface area contributed by atoms with Crippen LogP contribution in [0.15, 0.2) is 72.9 Å². The van der Waals surface area contributed by atoms with Crippen molar-refractivity contribution >= 4 is 0 Å². The Morgan fingerprint density at radius 2 is 2.08 bits per heavy atom. The highest BCUT2D eigenvalue weighted by molar-refractivity contribution is 5.31. The number of aliphatic hydroxyl groups is 1. The van der Waals surface area contributed by atoms with Crippen molar-refractivity contribution in [1.29, 1.82) is 0 Å². The van der Waals surface area contributed by atoms with Crippen LogP contribution in [0.1, 0.15) is 13.8 Å². The van der Waals surface area contributed by atoms with Crippen LogP contribution in [-0.2, 0) is 14.2 Å². The molecule has 0 radical (unpaired) electrons. The number of allylic oxidation sites excluding steroid dienone is 6. The minimum atomic E-state index is -1.16. The zero-order chi connectivity index (χ0) is 17.8. The summed E-state index contributed by atoms with van der Waals surface area (Å²) in [5, 5.41) is 9.78. The Morgan fingerprint density at radius 1 is 1.29 bits per heavy atom. The summed E-state index contributed by atoms with van der Waals surface area (Å²) in [4.78, 5) is 0. The lowest BCUT2D eigenvalue weighted by Crippen LogP contribution is -2.37. The van der Waals surface area contributed by atoms with E-state index >= 15 is 0 Å². The topological polar surface area (TPSA) is 47.9 Å². The normalized spacial score (nSPS) is 25.7. The molecule has 1 fully saturated rings. The molecule has 0 aromatic carbocycles. The fourth-order valence-corrected chi connectivity index (χ4v) is 2.29. The molecule has 132 valence electrons. The highest BCUT2D eigenvalue weighted by atomic mass is 16.8. The molecule has 4 nitrogen and oxygen atoms in total. The van der Waals surface area contributed by atoms with Gasteiger partial charge in [0.25, 0.3) is 0 Å². The predicted molar refractivity (Wildman–Crippen MR) is 97.6 cm³/mol. The minimum absolute atomic E-state index is 0.247. The zero-order valence-electron chi connectivity index (χ0n) is 14.6. The third-order valence-corrected chi connectivity index (χ3v) is 3.49. The van der Waals surface area contributed by atoms with E-state index in [1.165, 1.54) is 0 Å². The lowest BCUT2D eigenvalue weighted by molar-refractivity contribution is -0.166. The summed E-state index contributed by atoms with van der Waals surface area (Å²) in [6, 6.07) is 0. The molecular weight excluding hydrogens is 304 g/mol. The molecule has 1 aliphatic heterocycles. The van der Waals surface area contributed by atoms with Crippen molar-refractivity contribution in [2.45, 2.75) is 25.7 Å². The van der Waals surface area contributed by atoms with E-state index in [1.54, 1.807) is 18.2 Å². The second-order valence-corrected chi connectivity index (χ2v) is 5.31. The van der Waals surface area contributed by atoms with Gasteiger partial charge in [-0.25, -0.2) is 0 Å². The largest absolute Gasteiger partial charge is 0.390 e. The molecule has 0 spiro atoms. The first kappa shape index (κ1) is 20.3. The first-order chi connectivity index (χ1) is 11.7. The number of hydrogen-bond acceptors (Lipinski definition) is 4. The van der Waals surface area contributed by atoms with Crippen LogP contribution in [0.4, 0.5) is 0 Å². The van der Waals surface area contributed by atoms with Gasteiger partial charge in [-0.15, -0.1) is 0 Å². The summed E-state index contributed by atoms with van der Waals surface area (Å²) < 4.78 is 17.4. The molecule has 1 aliphatic rings.